The van der Waals surface area contributed by atoms with Crippen molar-refractivity contribution in [1.29, 1.82) is 0 Å². The van der Waals surface area contributed by atoms with E-state index in [0.717, 1.165) is 16.9 Å². The number of hydrogen-bond acceptors (Lipinski definition) is 2. The molecule has 0 radical (unpaired) electrons. The Hall–Kier alpha value is -0.843. The van der Waals surface area contributed by atoms with Crippen LogP contribution in [-0.2, 0) is 0 Å². The minimum Gasteiger partial charge on any atom is -0.554 e. The largest absolute Gasteiger partial charge is 1.00 e. The molecule has 92 valence electrons. The molecule has 2 nitrogen and oxygen atoms in total. The van der Waals surface area contributed by atoms with Gasteiger partial charge in [0.25, 0.3) is 0 Å². The topological polar surface area (TPSA) is 21.6 Å². The summed E-state index contributed by atoms with van der Waals surface area (Å²) < 4.78 is 5.25. The van der Waals surface area contributed by atoms with Crippen molar-refractivity contribution >= 4 is 6.21 Å². The Balaban J connectivity index is 0.00000162. The maximum Gasteiger partial charge on any atom is 1.00 e. The maximum atomic E-state index is 5.25. The van der Waals surface area contributed by atoms with Gasteiger partial charge in [-0.2, -0.15) is 6.92 Å². The van der Waals surface area contributed by atoms with Crippen molar-refractivity contribution in [1.82, 2.24) is 0 Å². The molecule has 18 heavy (non-hydrogen) atoms. The fraction of sp³-hybridized carbons (Fsp3) is 0.467. The summed E-state index contributed by atoms with van der Waals surface area (Å²) in [6, 6.07) is 6.46. The second kappa shape index (κ2) is 7.56. The monoisotopic (exact) mass is 237 g/mol. The van der Waals surface area contributed by atoms with Gasteiger partial charge >= 0.3 is 18.9 Å². The van der Waals surface area contributed by atoms with Crippen LogP contribution in [0, 0.1) is 6.92 Å². The maximum absolute atomic E-state index is 5.25. The number of aliphatic imine (C=N–C) groups is 1. The van der Waals surface area contributed by atoms with E-state index >= 15 is 0 Å². The molecule has 0 bridgehead atoms. The van der Waals surface area contributed by atoms with Crippen LogP contribution in [0.4, 0.5) is 0 Å². The first kappa shape index (κ1) is 15.2. The first-order valence-electron chi connectivity index (χ1n) is 6.33. The van der Waals surface area contributed by atoms with Crippen LogP contribution in [0.1, 0.15) is 43.2 Å². The number of benzene rings is 1. The van der Waals surface area contributed by atoms with Crippen LogP contribution in [0.25, 0.3) is 0 Å². The SMILES string of the molecule is [CH2-]c1c(C=NC2CCCCC2)cccc1OC.[Li+]. The van der Waals surface area contributed by atoms with Crippen LogP contribution in [-0.4, -0.2) is 19.4 Å². The predicted octanol–water partition coefficient (Wildman–Crippen LogP) is 0.633. The minimum absolute atomic E-state index is 0. The van der Waals surface area contributed by atoms with E-state index in [1.165, 1.54) is 32.1 Å². The van der Waals surface area contributed by atoms with E-state index in [9.17, 15) is 0 Å². The van der Waals surface area contributed by atoms with Crippen LogP contribution in [0.15, 0.2) is 23.2 Å². The molecule has 0 spiro atoms. The quantitative estimate of drug-likeness (QED) is 0.429. The molecule has 0 heterocycles. The third kappa shape index (κ3) is 3.83. The normalized spacial score (nSPS) is 16.5. The Morgan fingerprint density at radius 1 is 1.28 bits per heavy atom. The molecule has 1 fully saturated rings. The first-order valence-corrected chi connectivity index (χ1v) is 6.33. The third-order valence-corrected chi connectivity index (χ3v) is 3.39. The summed E-state index contributed by atoms with van der Waals surface area (Å²) >= 11 is 0. The molecule has 0 atom stereocenters. The van der Waals surface area contributed by atoms with Gasteiger partial charge in [0.1, 0.15) is 0 Å². The van der Waals surface area contributed by atoms with Crippen LogP contribution < -0.4 is 23.6 Å². The summed E-state index contributed by atoms with van der Waals surface area (Å²) in [6.45, 7) is 4.04. The van der Waals surface area contributed by atoms with Gasteiger partial charge in [0, 0.05) is 11.8 Å². The standard InChI is InChI=1S/C15H20NO.Li/c1-12-13(7-6-10-15(12)17-2)11-16-14-8-4-3-5-9-14;/h6-7,10-11,14H,1,3-5,8-9H2,2H3;/q-1;+1. The van der Waals surface area contributed by atoms with E-state index < -0.39 is 0 Å². The fourth-order valence-corrected chi connectivity index (χ4v) is 2.31. The number of ether oxygens (including phenoxy) is 1. The summed E-state index contributed by atoms with van der Waals surface area (Å²) in [6.07, 6.45) is 8.42. The minimum atomic E-state index is 0. The van der Waals surface area contributed by atoms with E-state index in [4.69, 9.17) is 4.74 Å². The molecule has 1 aromatic carbocycles. The predicted molar refractivity (Wildman–Crippen MR) is 71.9 cm³/mol. The smallest absolute Gasteiger partial charge is 0.554 e. The van der Waals surface area contributed by atoms with E-state index in [1.54, 1.807) is 7.11 Å². The Morgan fingerprint density at radius 2 is 2.00 bits per heavy atom. The second-order valence-electron chi connectivity index (χ2n) is 4.60. The molecule has 1 aliphatic carbocycles. The van der Waals surface area contributed by atoms with E-state index in [0.29, 0.717) is 6.04 Å². The van der Waals surface area contributed by atoms with Gasteiger partial charge in [-0.25, -0.2) is 0 Å². The summed E-state index contributed by atoms with van der Waals surface area (Å²) in [5.41, 5.74) is 1.99. The van der Waals surface area contributed by atoms with Gasteiger partial charge in [-0.1, -0.05) is 31.4 Å². The average Bonchev–Trinajstić information content (AvgIpc) is 2.39. The third-order valence-electron chi connectivity index (χ3n) is 3.39. The van der Waals surface area contributed by atoms with Crippen molar-refractivity contribution in [2.24, 2.45) is 4.99 Å². The number of rotatable bonds is 3. The van der Waals surface area contributed by atoms with Crippen molar-refractivity contribution < 1.29 is 23.6 Å². The molecule has 1 aliphatic rings. The van der Waals surface area contributed by atoms with Crippen LogP contribution in [0.5, 0.6) is 5.75 Å². The molecule has 2 rings (SSSR count). The summed E-state index contributed by atoms with van der Waals surface area (Å²) in [7, 11) is 1.67. The van der Waals surface area contributed by atoms with Crippen molar-refractivity contribution in [3.05, 3.63) is 36.2 Å². The number of methoxy groups -OCH3 is 1. The molecule has 1 aromatic rings. The summed E-state index contributed by atoms with van der Waals surface area (Å²) in [4.78, 5) is 4.67. The Morgan fingerprint density at radius 3 is 2.67 bits per heavy atom. The van der Waals surface area contributed by atoms with E-state index in [1.807, 2.05) is 24.4 Å². The number of nitrogens with zero attached hydrogens (tertiary/aromatic N) is 1. The van der Waals surface area contributed by atoms with E-state index in [2.05, 4.69) is 11.9 Å². The van der Waals surface area contributed by atoms with Gasteiger partial charge in [-0.15, -0.1) is 17.2 Å². The van der Waals surface area contributed by atoms with Crippen molar-refractivity contribution in [2.75, 3.05) is 7.11 Å². The molecule has 0 aliphatic heterocycles. The molecule has 0 saturated heterocycles. The van der Waals surface area contributed by atoms with Gasteiger partial charge in [0.15, 0.2) is 0 Å². The van der Waals surface area contributed by atoms with Crippen molar-refractivity contribution in [2.45, 2.75) is 38.1 Å². The molecule has 0 unspecified atom stereocenters. The Bertz CT molecular complexity index is 397. The fourth-order valence-electron chi connectivity index (χ4n) is 2.31. The van der Waals surface area contributed by atoms with Crippen molar-refractivity contribution in [3.63, 3.8) is 0 Å². The van der Waals surface area contributed by atoms with Gasteiger partial charge in [0.2, 0.25) is 0 Å². The molecule has 0 N–H and O–H groups in total. The molecule has 1 saturated carbocycles. The van der Waals surface area contributed by atoms with Crippen LogP contribution in [0.2, 0.25) is 0 Å². The van der Waals surface area contributed by atoms with Crippen molar-refractivity contribution in [3.8, 4) is 5.75 Å². The molecular formula is C15H20LiNO. The van der Waals surface area contributed by atoms with E-state index in [-0.39, 0.29) is 18.9 Å². The zero-order valence-electron chi connectivity index (χ0n) is 11.5. The zero-order chi connectivity index (χ0) is 12.1. The second-order valence-corrected chi connectivity index (χ2v) is 4.60. The Kier molecular flexibility index (Phi) is 6.39. The zero-order valence-corrected chi connectivity index (χ0v) is 11.5. The molecule has 0 amide bonds. The van der Waals surface area contributed by atoms with Gasteiger partial charge in [0.05, 0.1) is 7.11 Å². The number of hydrogen-bond donors (Lipinski definition) is 0. The van der Waals surface area contributed by atoms with Gasteiger partial charge in [-0.3, -0.25) is 0 Å². The molecule has 0 aromatic heterocycles. The van der Waals surface area contributed by atoms with Gasteiger partial charge in [-0.05, 0) is 19.1 Å². The molecular weight excluding hydrogens is 217 g/mol. The summed E-state index contributed by atoms with van der Waals surface area (Å²) in [5, 5.41) is 0. The van der Waals surface area contributed by atoms with Crippen LogP contribution in [0.3, 0.4) is 0 Å². The first-order chi connectivity index (χ1) is 8.31. The Labute approximate surface area is 122 Å². The average molecular weight is 237 g/mol. The van der Waals surface area contributed by atoms with Gasteiger partial charge < -0.3 is 9.73 Å². The summed E-state index contributed by atoms with van der Waals surface area (Å²) in [5.74, 6) is 0.831. The molecule has 3 heteroatoms. The van der Waals surface area contributed by atoms with Crippen LogP contribution >= 0.6 is 0 Å².